The molecule has 1 amide bonds. The van der Waals surface area contributed by atoms with Crippen molar-refractivity contribution in [2.75, 3.05) is 13.7 Å². The van der Waals surface area contributed by atoms with Crippen molar-refractivity contribution in [1.82, 2.24) is 5.32 Å². The summed E-state index contributed by atoms with van der Waals surface area (Å²) in [6.07, 6.45) is 0.698. The third-order valence-corrected chi connectivity index (χ3v) is 3.26. The standard InChI is InChI=1S/C15H24N2O2/c1-10-5-6-14(19-4)13(9-10)12(3)17-15(18)11(2)7-8-16/h5-6,9,11-12H,7-8,16H2,1-4H3,(H,17,18). The monoisotopic (exact) mass is 264 g/mol. The molecule has 0 aliphatic carbocycles. The van der Waals surface area contributed by atoms with E-state index in [4.69, 9.17) is 10.5 Å². The van der Waals surface area contributed by atoms with Gasteiger partial charge in [0, 0.05) is 11.5 Å². The Bertz CT molecular complexity index is 432. The van der Waals surface area contributed by atoms with Crippen molar-refractivity contribution in [3.63, 3.8) is 0 Å². The van der Waals surface area contributed by atoms with Crippen molar-refractivity contribution in [2.24, 2.45) is 11.7 Å². The number of hydrogen-bond donors (Lipinski definition) is 2. The lowest BCUT2D eigenvalue weighted by Gasteiger charge is -2.20. The van der Waals surface area contributed by atoms with Gasteiger partial charge < -0.3 is 15.8 Å². The van der Waals surface area contributed by atoms with E-state index in [1.54, 1.807) is 7.11 Å². The van der Waals surface area contributed by atoms with Gasteiger partial charge in [0.25, 0.3) is 0 Å². The third kappa shape index (κ3) is 4.24. The highest BCUT2D eigenvalue weighted by molar-refractivity contribution is 5.78. The van der Waals surface area contributed by atoms with E-state index >= 15 is 0 Å². The van der Waals surface area contributed by atoms with Crippen LogP contribution in [-0.2, 0) is 4.79 Å². The van der Waals surface area contributed by atoms with E-state index in [2.05, 4.69) is 5.32 Å². The van der Waals surface area contributed by atoms with Crippen molar-refractivity contribution in [3.05, 3.63) is 29.3 Å². The van der Waals surface area contributed by atoms with Crippen LogP contribution < -0.4 is 15.8 Å². The molecule has 1 rings (SSSR count). The molecule has 0 spiro atoms. The van der Waals surface area contributed by atoms with Gasteiger partial charge in [0.1, 0.15) is 5.75 Å². The Hall–Kier alpha value is -1.55. The van der Waals surface area contributed by atoms with Gasteiger partial charge in [-0.2, -0.15) is 0 Å². The molecule has 0 saturated carbocycles. The number of carbonyl (C=O) groups is 1. The molecule has 4 heteroatoms. The largest absolute Gasteiger partial charge is 0.496 e. The molecule has 0 fully saturated rings. The molecule has 4 nitrogen and oxygen atoms in total. The van der Waals surface area contributed by atoms with Gasteiger partial charge in [-0.3, -0.25) is 4.79 Å². The fourth-order valence-corrected chi connectivity index (χ4v) is 2.01. The summed E-state index contributed by atoms with van der Waals surface area (Å²) in [6.45, 7) is 6.40. The SMILES string of the molecule is COc1ccc(C)cc1C(C)NC(=O)C(C)CCN. The average Bonchev–Trinajstić information content (AvgIpc) is 2.38. The second-order valence-electron chi connectivity index (χ2n) is 4.95. The Morgan fingerprint density at radius 1 is 1.42 bits per heavy atom. The normalized spacial score (nSPS) is 13.7. The van der Waals surface area contributed by atoms with Crippen molar-refractivity contribution < 1.29 is 9.53 Å². The molecule has 0 aromatic heterocycles. The Morgan fingerprint density at radius 3 is 2.68 bits per heavy atom. The smallest absolute Gasteiger partial charge is 0.223 e. The van der Waals surface area contributed by atoms with Crippen molar-refractivity contribution >= 4 is 5.91 Å². The maximum absolute atomic E-state index is 12.0. The maximum atomic E-state index is 12.0. The van der Waals surface area contributed by atoms with Crippen LogP contribution in [0.4, 0.5) is 0 Å². The highest BCUT2D eigenvalue weighted by Gasteiger charge is 2.17. The topological polar surface area (TPSA) is 64.3 Å². The fourth-order valence-electron chi connectivity index (χ4n) is 2.01. The summed E-state index contributed by atoms with van der Waals surface area (Å²) in [5.74, 6) is 0.759. The van der Waals surface area contributed by atoms with E-state index in [9.17, 15) is 4.79 Å². The van der Waals surface area contributed by atoms with E-state index < -0.39 is 0 Å². The Kier molecular flexibility index (Phi) is 5.83. The molecule has 2 atom stereocenters. The maximum Gasteiger partial charge on any atom is 0.223 e. The van der Waals surface area contributed by atoms with Gasteiger partial charge in [-0.05, 0) is 32.9 Å². The average molecular weight is 264 g/mol. The Morgan fingerprint density at radius 2 is 2.11 bits per heavy atom. The lowest BCUT2D eigenvalue weighted by Crippen LogP contribution is -2.32. The number of benzene rings is 1. The number of nitrogens with one attached hydrogen (secondary N) is 1. The number of methoxy groups -OCH3 is 1. The first-order valence-corrected chi connectivity index (χ1v) is 6.64. The molecule has 3 N–H and O–H groups in total. The number of ether oxygens (including phenoxy) is 1. The highest BCUT2D eigenvalue weighted by atomic mass is 16.5. The summed E-state index contributed by atoms with van der Waals surface area (Å²) < 4.78 is 5.34. The van der Waals surface area contributed by atoms with Crippen LogP contribution in [0.5, 0.6) is 5.75 Å². The zero-order valence-corrected chi connectivity index (χ0v) is 12.2. The lowest BCUT2D eigenvalue weighted by molar-refractivity contribution is -0.125. The van der Waals surface area contributed by atoms with Crippen LogP contribution in [0.2, 0.25) is 0 Å². The summed E-state index contributed by atoms with van der Waals surface area (Å²) in [7, 11) is 1.64. The molecular weight excluding hydrogens is 240 g/mol. The number of rotatable bonds is 6. The minimum atomic E-state index is -0.0809. The predicted octanol–water partition coefficient (Wildman–Crippen LogP) is 2.17. The quantitative estimate of drug-likeness (QED) is 0.827. The van der Waals surface area contributed by atoms with E-state index in [1.807, 2.05) is 39.0 Å². The molecule has 0 radical (unpaired) electrons. The van der Waals surface area contributed by atoms with Crippen LogP contribution in [0.25, 0.3) is 0 Å². The van der Waals surface area contributed by atoms with Crippen LogP contribution in [0.15, 0.2) is 18.2 Å². The summed E-state index contributed by atoms with van der Waals surface area (Å²) >= 11 is 0. The van der Waals surface area contributed by atoms with Gasteiger partial charge >= 0.3 is 0 Å². The fraction of sp³-hybridized carbons (Fsp3) is 0.533. The first kappa shape index (κ1) is 15.5. The summed E-state index contributed by atoms with van der Waals surface area (Å²) in [5, 5.41) is 3.01. The molecule has 106 valence electrons. The number of carbonyl (C=O) groups excluding carboxylic acids is 1. The minimum Gasteiger partial charge on any atom is -0.496 e. The highest BCUT2D eigenvalue weighted by Crippen LogP contribution is 2.26. The second-order valence-corrected chi connectivity index (χ2v) is 4.95. The van der Waals surface area contributed by atoms with E-state index in [-0.39, 0.29) is 17.9 Å². The van der Waals surface area contributed by atoms with Crippen LogP contribution >= 0.6 is 0 Å². The number of nitrogens with two attached hydrogens (primary N) is 1. The summed E-state index contributed by atoms with van der Waals surface area (Å²) in [4.78, 5) is 12.0. The number of hydrogen-bond acceptors (Lipinski definition) is 3. The first-order chi connectivity index (χ1) is 8.99. The van der Waals surface area contributed by atoms with Crippen LogP contribution in [0, 0.1) is 12.8 Å². The lowest BCUT2D eigenvalue weighted by atomic mass is 10.0. The van der Waals surface area contributed by atoms with Crippen molar-refractivity contribution in [3.8, 4) is 5.75 Å². The first-order valence-electron chi connectivity index (χ1n) is 6.64. The molecule has 0 aliphatic heterocycles. The summed E-state index contributed by atoms with van der Waals surface area (Å²) in [5.41, 5.74) is 7.62. The van der Waals surface area contributed by atoms with Gasteiger partial charge in [-0.1, -0.05) is 24.6 Å². The summed E-state index contributed by atoms with van der Waals surface area (Å²) in [6, 6.07) is 5.88. The van der Waals surface area contributed by atoms with Gasteiger partial charge in [0.15, 0.2) is 0 Å². The van der Waals surface area contributed by atoms with Crippen LogP contribution in [0.1, 0.15) is 37.4 Å². The van der Waals surface area contributed by atoms with Crippen molar-refractivity contribution in [2.45, 2.75) is 33.2 Å². The molecule has 0 aliphatic rings. The molecule has 0 heterocycles. The molecule has 2 unspecified atom stereocenters. The molecule has 0 bridgehead atoms. The third-order valence-electron chi connectivity index (χ3n) is 3.26. The minimum absolute atomic E-state index is 0.0292. The second kappa shape index (κ2) is 7.14. The molecule has 0 saturated heterocycles. The van der Waals surface area contributed by atoms with Gasteiger partial charge in [-0.15, -0.1) is 0 Å². The number of amides is 1. The predicted molar refractivity (Wildman–Crippen MR) is 77.1 cm³/mol. The van der Waals surface area contributed by atoms with E-state index in [0.29, 0.717) is 13.0 Å². The molecular formula is C15H24N2O2. The van der Waals surface area contributed by atoms with Gasteiger partial charge in [0.2, 0.25) is 5.91 Å². The zero-order chi connectivity index (χ0) is 14.4. The van der Waals surface area contributed by atoms with Crippen LogP contribution in [-0.4, -0.2) is 19.6 Å². The Balaban J connectivity index is 2.80. The van der Waals surface area contributed by atoms with Gasteiger partial charge in [-0.25, -0.2) is 0 Å². The van der Waals surface area contributed by atoms with Gasteiger partial charge in [0.05, 0.1) is 13.2 Å². The Labute approximate surface area is 115 Å². The number of aryl methyl sites for hydroxylation is 1. The van der Waals surface area contributed by atoms with E-state index in [0.717, 1.165) is 16.9 Å². The van der Waals surface area contributed by atoms with E-state index in [1.165, 1.54) is 0 Å². The molecule has 1 aromatic rings. The molecule has 1 aromatic carbocycles. The zero-order valence-electron chi connectivity index (χ0n) is 12.2. The molecule has 19 heavy (non-hydrogen) atoms. The van der Waals surface area contributed by atoms with Crippen LogP contribution in [0.3, 0.4) is 0 Å². The van der Waals surface area contributed by atoms with Crippen molar-refractivity contribution in [1.29, 1.82) is 0 Å².